The molecule has 2 aromatic rings. The van der Waals surface area contributed by atoms with Crippen molar-refractivity contribution >= 4 is 11.9 Å². The quantitative estimate of drug-likeness (QED) is 0.850. The second kappa shape index (κ2) is 4.44. The van der Waals surface area contributed by atoms with Crippen molar-refractivity contribution in [2.45, 2.75) is 13.3 Å². The van der Waals surface area contributed by atoms with E-state index in [0.717, 1.165) is 12.1 Å². The van der Waals surface area contributed by atoms with Gasteiger partial charge in [-0.1, -0.05) is 13.0 Å². The Labute approximate surface area is 103 Å². The summed E-state index contributed by atoms with van der Waals surface area (Å²) in [4.78, 5) is 11.2. The summed E-state index contributed by atoms with van der Waals surface area (Å²) in [6.07, 6.45) is 8.15. The first kappa shape index (κ1) is 10.7. The topological polar surface area (TPSA) is 92.6 Å². The molecule has 0 saturated heterocycles. The summed E-state index contributed by atoms with van der Waals surface area (Å²) in [5.41, 5.74) is 0.722. The second-order valence-electron chi connectivity index (χ2n) is 4.06. The Kier molecular flexibility index (Phi) is 2.64. The SMILES string of the molecule is CC1C=C(c2nnc(-c3ncc[nH]3)nn2)N=CC1. The maximum atomic E-state index is 4.25. The highest BCUT2D eigenvalue weighted by Gasteiger charge is 2.12. The van der Waals surface area contributed by atoms with E-state index in [4.69, 9.17) is 0 Å². The van der Waals surface area contributed by atoms with E-state index < -0.39 is 0 Å². The van der Waals surface area contributed by atoms with E-state index in [0.29, 0.717) is 23.4 Å². The van der Waals surface area contributed by atoms with E-state index in [2.05, 4.69) is 42.3 Å². The molecule has 0 aliphatic carbocycles. The molecule has 0 aromatic carbocycles. The minimum Gasteiger partial charge on any atom is -0.342 e. The zero-order chi connectivity index (χ0) is 12.4. The van der Waals surface area contributed by atoms with Gasteiger partial charge in [-0.2, -0.15) is 0 Å². The lowest BCUT2D eigenvalue weighted by molar-refractivity contribution is 0.760. The lowest BCUT2D eigenvalue weighted by Gasteiger charge is -2.09. The Balaban J connectivity index is 1.90. The van der Waals surface area contributed by atoms with Crippen molar-refractivity contribution in [1.82, 2.24) is 30.4 Å². The van der Waals surface area contributed by atoms with Gasteiger partial charge >= 0.3 is 0 Å². The van der Waals surface area contributed by atoms with Crippen LogP contribution in [0.1, 0.15) is 19.2 Å². The molecule has 90 valence electrons. The number of hydrogen-bond acceptors (Lipinski definition) is 6. The van der Waals surface area contributed by atoms with E-state index in [-0.39, 0.29) is 0 Å². The fourth-order valence-electron chi connectivity index (χ4n) is 1.64. The summed E-state index contributed by atoms with van der Waals surface area (Å²) in [5.74, 6) is 1.80. The van der Waals surface area contributed by atoms with Gasteiger partial charge in [0.1, 0.15) is 5.70 Å². The zero-order valence-electron chi connectivity index (χ0n) is 9.78. The van der Waals surface area contributed by atoms with Crippen LogP contribution in [0.15, 0.2) is 23.5 Å². The van der Waals surface area contributed by atoms with Crippen LogP contribution in [0.4, 0.5) is 0 Å². The first-order chi connectivity index (χ1) is 8.83. The third-order valence-electron chi connectivity index (χ3n) is 2.57. The molecule has 0 bridgehead atoms. The summed E-state index contributed by atoms with van der Waals surface area (Å²) in [5, 5.41) is 16.0. The Bertz CT molecular complexity index is 582. The number of aliphatic imine (C=N–C) groups is 1. The van der Waals surface area contributed by atoms with Crippen molar-refractivity contribution in [3.8, 4) is 11.6 Å². The van der Waals surface area contributed by atoms with Gasteiger partial charge in [-0.15, -0.1) is 20.4 Å². The van der Waals surface area contributed by atoms with Gasteiger partial charge in [0.15, 0.2) is 5.82 Å². The zero-order valence-corrected chi connectivity index (χ0v) is 9.78. The van der Waals surface area contributed by atoms with Crippen LogP contribution in [0, 0.1) is 5.92 Å². The summed E-state index contributed by atoms with van der Waals surface area (Å²) in [7, 11) is 0. The van der Waals surface area contributed by atoms with Gasteiger partial charge in [0.25, 0.3) is 0 Å². The minimum absolute atomic E-state index is 0.372. The molecular weight excluding hydrogens is 230 g/mol. The normalized spacial score (nSPS) is 18.7. The number of aromatic nitrogens is 6. The Morgan fingerprint density at radius 2 is 1.94 bits per heavy atom. The summed E-state index contributed by atoms with van der Waals surface area (Å²) >= 11 is 0. The van der Waals surface area contributed by atoms with Gasteiger partial charge in [-0.3, -0.25) is 4.99 Å². The molecule has 18 heavy (non-hydrogen) atoms. The molecule has 1 aliphatic rings. The van der Waals surface area contributed by atoms with Gasteiger partial charge < -0.3 is 4.98 Å². The fourth-order valence-corrected chi connectivity index (χ4v) is 1.64. The van der Waals surface area contributed by atoms with Gasteiger partial charge in [-0.25, -0.2) is 4.98 Å². The van der Waals surface area contributed by atoms with Crippen LogP contribution in [0.3, 0.4) is 0 Å². The number of aromatic amines is 1. The number of rotatable bonds is 2. The predicted octanol–water partition coefficient (Wildman–Crippen LogP) is 1.11. The fraction of sp³-hybridized carbons (Fsp3) is 0.273. The predicted molar refractivity (Wildman–Crippen MR) is 65.5 cm³/mol. The molecule has 0 spiro atoms. The first-order valence-electron chi connectivity index (χ1n) is 5.65. The van der Waals surface area contributed by atoms with Gasteiger partial charge in [0, 0.05) is 18.6 Å². The van der Waals surface area contributed by atoms with Gasteiger partial charge in [0.2, 0.25) is 11.6 Å². The number of hydrogen-bond donors (Lipinski definition) is 1. The number of H-pyrrole nitrogens is 1. The number of imidazole rings is 1. The van der Waals surface area contributed by atoms with Crippen LogP contribution < -0.4 is 0 Å². The van der Waals surface area contributed by atoms with Gasteiger partial charge in [-0.05, 0) is 12.3 Å². The lowest BCUT2D eigenvalue weighted by atomic mass is 10.1. The molecule has 3 rings (SSSR count). The van der Waals surface area contributed by atoms with Crippen LogP contribution in [0.25, 0.3) is 17.3 Å². The highest BCUT2D eigenvalue weighted by Crippen LogP contribution is 2.19. The summed E-state index contributed by atoms with van der Waals surface area (Å²) < 4.78 is 0. The molecule has 3 heterocycles. The first-order valence-corrected chi connectivity index (χ1v) is 5.65. The molecule has 7 heteroatoms. The molecule has 1 unspecified atom stereocenters. The molecule has 0 saturated carbocycles. The lowest BCUT2D eigenvalue weighted by Crippen LogP contribution is -2.05. The molecular formula is C11H11N7. The Hall–Kier alpha value is -2.44. The highest BCUT2D eigenvalue weighted by atomic mass is 15.3. The second-order valence-corrected chi connectivity index (χ2v) is 4.06. The smallest absolute Gasteiger partial charge is 0.238 e. The average Bonchev–Trinajstić information content (AvgIpc) is 2.93. The molecule has 1 aliphatic heterocycles. The van der Waals surface area contributed by atoms with Crippen molar-refractivity contribution in [3.05, 3.63) is 24.3 Å². The third-order valence-corrected chi connectivity index (χ3v) is 2.57. The van der Waals surface area contributed by atoms with Crippen molar-refractivity contribution in [1.29, 1.82) is 0 Å². The Morgan fingerprint density at radius 3 is 2.61 bits per heavy atom. The molecule has 0 fully saturated rings. The molecule has 7 nitrogen and oxygen atoms in total. The van der Waals surface area contributed by atoms with Crippen molar-refractivity contribution in [2.24, 2.45) is 10.9 Å². The van der Waals surface area contributed by atoms with Crippen molar-refractivity contribution in [2.75, 3.05) is 0 Å². The average molecular weight is 241 g/mol. The minimum atomic E-state index is 0.372. The molecule has 1 atom stereocenters. The van der Waals surface area contributed by atoms with E-state index >= 15 is 0 Å². The molecule has 0 radical (unpaired) electrons. The summed E-state index contributed by atoms with van der Waals surface area (Å²) in [6.45, 7) is 2.11. The monoisotopic (exact) mass is 241 g/mol. The Morgan fingerprint density at radius 1 is 1.17 bits per heavy atom. The van der Waals surface area contributed by atoms with Crippen LogP contribution in [-0.2, 0) is 0 Å². The number of nitrogens with one attached hydrogen (secondary N) is 1. The molecule has 1 N–H and O–H groups in total. The third kappa shape index (κ3) is 2.02. The van der Waals surface area contributed by atoms with E-state index in [9.17, 15) is 0 Å². The molecule has 2 aromatic heterocycles. The molecule has 0 amide bonds. The van der Waals surface area contributed by atoms with E-state index in [1.54, 1.807) is 12.4 Å². The van der Waals surface area contributed by atoms with E-state index in [1.807, 2.05) is 12.3 Å². The van der Waals surface area contributed by atoms with Crippen LogP contribution >= 0.6 is 0 Å². The standard InChI is InChI=1S/C11H11N7/c1-7-2-3-12-8(6-7)9-15-17-11(18-16-9)10-13-4-5-14-10/h3-7H,2H2,1H3,(H,13,14). The van der Waals surface area contributed by atoms with Crippen LogP contribution in [-0.4, -0.2) is 36.6 Å². The van der Waals surface area contributed by atoms with E-state index in [1.165, 1.54) is 0 Å². The largest absolute Gasteiger partial charge is 0.342 e. The number of nitrogens with zero attached hydrogens (tertiary/aromatic N) is 6. The van der Waals surface area contributed by atoms with Crippen molar-refractivity contribution in [3.63, 3.8) is 0 Å². The van der Waals surface area contributed by atoms with Crippen molar-refractivity contribution < 1.29 is 0 Å². The maximum absolute atomic E-state index is 4.25. The highest BCUT2D eigenvalue weighted by molar-refractivity contribution is 5.74. The maximum Gasteiger partial charge on any atom is 0.238 e. The van der Waals surface area contributed by atoms with Crippen LogP contribution in [0.5, 0.6) is 0 Å². The van der Waals surface area contributed by atoms with Crippen LogP contribution in [0.2, 0.25) is 0 Å². The van der Waals surface area contributed by atoms with Gasteiger partial charge in [0.05, 0.1) is 0 Å². The summed E-state index contributed by atoms with van der Waals surface area (Å²) in [6, 6.07) is 0. The number of allylic oxidation sites excluding steroid dienone is 1.